The first-order valence-electron chi connectivity index (χ1n) is 9.55. The van der Waals surface area contributed by atoms with Gasteiger partial charge in [0.2, 0.25) is 0 Å². The molecule has 32 heavy (non-hydrogen) atoms. The minimum atomic E-state index is -0.990. The van der Waals surface area contributed by atoms with Crippen LogP contribution in [0.5, 0.6) is 11.5 Å². The van der Waals surface area contributed by atoms with E-state index in [2.05, 4.69) is 17.2 Å². The van der Waals surface area contributed by atoms with Gasteiger partial charge >= 0.3 is 0 Å². The molecule has 0 saturated carbocycles. The van der Waals surface area contributed by atoms with Gasteiger partial charge < -0.3 is 20.1 Å². The fraction of sp³-hybridized carbons (Fsp3) is 0.227. The number of rotatable bonds is 8. The Morgan fingerprint density at radius 3 is 2.75 bits per heavy atom. The lowest BCUT2D eigenvalue weighted by Gasteiger charge is -2.24. The molecule has 0 radical (unpaired) electrons. The number of Topliss-reactive ketones (excluding diaryl/α,β-unsaturated/α-hetero) is 1. The number of amides is 2. The molecule has 10 heteroatoms. The van der Waals surface area contributed by atoms with Gasteiger partial charge in [0.25, 0.3) is 11.8 Å². The number of ether oxygens (including phenoxy) is 2. The van der Waals surface area contributed by atoms with Gasteiger partial charge in [0.15, 0.2) is 18.5 Å². The van der Waals surface area contributed by atoms with E-state index < -0.39 is 23.7 Å². The summed E-state index contributed by atoms with van der Waals surface area (Å²) in [5.74, 6) is -1.37. The molecule has 2 amide bonds. The second-order valence-corrected chi connectivity index (χ2v) is 7.78. The number of hydrogen-bond donors (Lipinski definition) is 2. The summed E-state index contributed by atoms with van der Waals surface area (Å²) in [6.45, 7) is 3.61. The Morgan fingerprint density at radius 1 is 1.22 bits per heavy atom. The maximum absolute atomic E-state index is 13.4. The molecule has 168 valence electrons. The first-order valence-corrected chi connectivity index (χ1v) is 10.3. The highest BCUT2D eigenvalue weighted by Crippen LogP contribution is 2.30. The molecule has 0 spiro atoms. The monoisotopic (exact) mass is 480 g/mol. The molecule has 1 heterocycles. The number of carbonyl (C=O) groups is 3. The zero-order valence-electron chi connectivity index (χ0n) is 16.8. The maximum Gasteiger partial charge on any atom is 0.265 e. The van der Waals surface area contributed by atoms with E-state index in [-0.39, 0.29) is 42.5 Å². The van der Waals surface area contributed by atoms with E-state index in [0.717, 1.165) is 6.07 Å². The predicted molar refractivity (Wildman–Crippen MR) is 117 cm³/mol. The van der Waals surface area contributed by atoms with Crippen molar-refractivity contribution in [2.45, 2.75) is 18.9 Å². The second kappa shape index (κ2) is 10.5. The van der Waals surface area contributed by atoms with Crippen LogP contribution in [0, 0.1) is 5.82 Å². The molecule has 3 rings (SSSR count). The molecule has 0 unspecified atom stereocenters. The average molecular weight is 481 g/mol. The van der Waals surface area contributed by atoms with Crippen molar-refractivity contribution >= 4 is 40.8 Å². The lowest BCUT2D eigenvalue weighted by Crippen LogP contribution is -2.42. The van der Waals surface area contributed by atoms with Gasteiger partial charge in [-0.2, -0.15) is 0 Å². The molecule has 1 aliphatic heterocycles. The van der Waals surface area contributed by atoms with Crippen molar-refractivity contribution < 1.29 is 28.2 Å². The summed E-state index contributed by atoms with van der Waals surface area (Å²) in [4.78, 5) is 36.5. The molecule has 7 nitrogen and oxygen atoms in total. The number of halogens is 3. The average Bonchev–Trinajstić information content (AvgIpc) is 2.75. The van der Waals surface area contributed by atoms with E-state index in [9.17, 15) is 18.8 Å². The summed E-state index contributed by atoms with van der Waals surface area (Å²) in [7, 11) is 0. The van der Waals surface area contributed by atoms with Crippen molar-refractivity contribution in [3.8, 4) is 11.5 Å². The molecule has 2 aromatic rings. The van der Waals surface area contributed by atoms with Crippen LogP contribution in [0.4, 0.5) is 4.39 Å². The summed E-state index contributed by atoms with van der Waals surface area (Å²) in [5, 5.41) is 5.54. The van der Waals surface area contributed by atoms with E-state index in [0.29, 0.717) is 22.0 Å². The fourth-order valence-electron chi connectivity index (χ4n) is 2.88. The summed E-state index contributed by atoms with van der Waals surface area (Å²) in [6.07, 6.45) is -0.859. The van der Waals surface area contributed by atoms with Gasteiger partial charge in [-0.15, -0.1) is 0 Å². The molecule has 0 saturated heterocycles. The minimum absolute atomic E-state index is 0.0426. The molecule has 0 bridgehead atoms. The van der Waals surface area contributed by atoms with Crippen molar-refractivity contribution in [1.82, 2.24) is 10.6 Å². The van der Waals surface area contributed by atoms with Crippen LogP contribution < -0.4 is 20.1 Å². The molecule has 1 atom stereocenters. The summed E-state index contributed by atoms with van der Waals surface area (Å²) < 4.78 is 24.1. The third-order valence-electron chi connectivity index (χ3n) is 4.48. The van der Waals surface area contributed by atoms with E-state index in [4.69, 9.17) is 32.7 Å². The van der Waals surface area contributed by atoms with Gasteiger partial charge in [0.1, 0.15) is 17.3 Å². The highest BCUT2D eigenvalue weighted by atomic mass is 35.5. The highest BCUT2D eigenvalue weighted by molar-refractivity contribution is 6.31. The van der Waals surface area contributed by atoms with Crippen LogP contribution >= 0.6 is 23.2 Å². The lowest BCUT2D eigenvalue weighted by atomic mass is 10.0. The number of fused-ring (bicyclic) bond motifs is 1. The Labute approximate surface area is 193 Å². The SMILES string of the molecule is C=C(CCNC(=O)COc1ccc(Cl)c(F)c1)NC(=O)[C@@H]1CC(=O)c2cc(Cl)ccc2O1. The van der Waals surface area contributed by atoms with Crippen LogP contribution in [0.3, 0.4) is 0 Å². The zero-order chi connectivity index (χ0) is 23.3. The topological polar surface area (TPSA) is 93.7 Å². The highest BCUT2D eigenvalue weighted by Gasteiger charge is 2.31. The third kappa shape index (κ3) is 6.21. The van der Waals surface area contributed by atoms with Crippen LogP contribution in [-0.2, 0) is 9.59 Å². The Bertz CT molecular complexity index is 1080. The van der Waals surface area contributed by atoms with Crippen molar-refractivity contribution in [3.05, 3.63) is 70.1 Å². The molecule has 2 N–H and O–H groups in total. The van der Waals surface area contributed by atoms with Crippen molar-refractivity contribution in [1.29, 1.82) is 0 Å². The molecular formula is C22H19Cl2FN2O5. The van der Waals surface area contributed by atoms with E-state index in [1.165, 1.54) is 18.2 Å². The Kier molecular flexibility index (Phi) is 7.71. The maximum atomic E-state index is 13.4. The van der Waals surface area contributed by atoms with Crippen LogP contribution in [-0.4, -0.2) is 36.9 Å². The van der Waals surface area contributed by atoms with Gasteiger partial charge in [0, 0.05) is 29.8 Å². The zero-order valence-corrected chi connectivity index (χ0v) is 18.3. The normalized spacial score (nSPS) is 14.7. The largest absolute Gasteiger partial charge is 0.484 e. The Morgan fingerprint density at radius 2 is 2.00 bits per heavy atom. The number of hydrogen-bond acceptors (Lipinski definition) is 5. The Balaban J connectivity index is 1.39. The fourth-order valence-corrected chi connectivity index (χ4v) is 3.17. The van der Waals surface area contributed by atoms with E-state index in [1.807, 2.05) is 0 Å². The summed E-state index contributed by atoms with van der Waals surface area (Å²) in [5.41, 5.74) is 0.681. The van der Waals surface area contributed by atoms with Gasteiger partial charge in [-0.1, -0.05) is 29.8 Å². The van der Waals surface area contributed by atoms with Gasteiger partial charge in [-0.25, -0.2) is 4.39 Å². The Hall–Kier alpha value is -3.10. The number of nitrogens with one attached hydrogen (secondary N) is 2. The molecular weight excluding hydrogens is 462 g/mol. The standard InChI is InChI=1S/C22H19Cl2FN2O5/c1-12(6-7-26-21(29)11-31-14-3-4-16(24)17(25)9-14)27-22(30)20-10-18(28)15-8-13(23)2-5-19(15)32-20/h2-5,8-9,20H,1,6-7,10-11H2,(H,26,29)(H,27,30)/t20-/m0/s1. The van der Waals surface area contributed by atoms with E-state index in [1.54, 1.807) is 12.1 Å². The van der Waals surface area contributed by atoms with E-state index >= 15 is 0 Å². The van der Waals surface area contributed by atoms with Crippen molar-refractivity contribution in [3.63, 3.8) is 0 Å². The van der Waals surface area contributed by atoms with Gasteiger partial charge in [0.05, 0.1) is 17.0 Å². The van der Waals surface area contributed by atoms with Crippen molar-refractivity contribution in [2.75, 3.05) is 13.2 Å². The third-order valence-corrected chi connectivity index (χ3v) is 5.03. The quantitative estimate of drug-likeness (QED) is 0.600. The molecule has 2 aromatic carbocycles. The lowest BCUT2D eigenvalue weighted by molar-refractivity contribution is -0.127. The number of benzene rings is 2. The summed E-state index contributed by atoms with van der Waals surface area (Å²) in [6, 6.07) is 8.47. The van der Waals surface area contributed by atoms with Crippen molar-refractivity contribution in [2.24, 2.45) is 0 Å². The molecule has 0 fully saturated rings. The van der Waals surface area contributed by atoms with Crippen LogP contribution in [0.2, 0.25) is 10.0 Å². The molecule has 0 aliphatic carbocycles. The number of ketones is 1. The van der Waals surface area contributed by atoms with Crippen LogP contribution in [0.15, 0.2) is 48.7 Å². The smallest absolute Gasteiger partial charge is 0.265 e. The number of carbonyl (C=O) groups excluding carboxylic acids is 3. The first-order chi connectivity index (χ1) is 15.2. The van der Waals surface area contributed by atoms with Gasteiger partial charge in [-0.3, -0.25) is 14.4 Å². The summed E-state index contributed by atoms with van der Waals surface area (Å²) >= 11 is 11.5. The van der Waals surface area contributed by atoms with Crippen LogP contribution in [0.25, 0.3) is 0 Å². The molecule has 0 aromatic heterocycles. The first kappa shape index (κ1) is 23.6. The van der Waals surface area contributed by atoms with Gasteiger partial charge in [-0.05, 0) is 30.3 Å². The second-order valence-electron chi connectivity index (χ2n) is 6.93. The van der Waals surface area contributed by atoms with Crippen LogP contribution in [0.1, 0.15) is 23.2 Å². The molecule has 1 aliphatic rings. The predicted octanol–water partition coefficient (Wildman–Crippen LogP) is 3.68. The minimum Gasteiger partial charge on any atom is -0.484 e.